The molecule has 0 amide bonds. The summed E-state index contributed by atoms with van der Waals surface area (Å²) in [5.41, 5.74) is 2.21. The quantitative estimate of drug-likeness (QED) is 0.842. The Labute approximate surface area is 112 Å². The van der Waals surface area contributed by atoms with Crippen molar-refractivity contribution in [3.05, 3.63) is 40.9 Å². The number of benzene rings is 1. The van der Waals surface area contributed by atoms with Crippen LogP contribution in [-0.4, -0.2) is 16.2 Å². The van der Waals surface area contributed by atoms with Crippen LogP contribution in [0.1, 0.15) is 32.4 Å². The first-order valence-corrected chi connectivity index (χ1v) is 6.58. The number of aromatic amines is 1. The van der Waals surface area contributed by atoms with Crippen LogP contribution >= 0.6 is 12.2 Å². The van der Waals surface area contributed by atoms with Crippen LogP contribution in [0.2, 0.25) is 0 Å². The predicted octanol–water partition coefficient (Wildman–Crippen LogP) is 4.06. The highest BCUT2D eigenvalue weighted by atomic mass is 32.1. The molecule has 1 N–H and O–H groups in total. The molecule has 1 aromatic heterocycles. The van der Waals surface area contributed by atoms with Crippen LogP contribution in [0, 0.1) is 4.77 Å². The average Bonchev–Trinajstić information content (AvgIpc) is 2.72. The van der Waals surface area contributed by atoms with Crippen molar-refractivity contribution < 1.29 is 4.74 Å². The van der Waals surface area contributed by atoms with Crippen molar-refractivity contribution in [3.63, 3.8) is 0 Å². The summed E-state index contributed by atoms with van der Waals surface area (Å²) in [7, 11) is 0. The topological polar surface area (TPSA) is 29.9 Å². The molecule has 3 nitrogen and oxygen atoms in total. The molecule has 1 aromatic carbocycles. The van der Waals surface area contributed by atoms with Crippen LogP contribution in [-0.2, 0) is 0 Å². The molecule has 0 spiro atoms. The van der Waals surface area contributed by atoms with Crippen LogP contribution < -0.4 is 4.74 Å². The van der Waals surface area contributed by atoms with Gasteiger partial charge in [-0.3, -0.25) is 4.57 Å². The van der Waals surface area contributed by atoms with Crippen molar-refractivity contribution in [1.29, 1.82) is 0 Å². The second-order valence-electron chi connectivity index (χ2n) is 4.44. The Balaban J connectivity index is 2.51. The van der Waals surface area contributed by atoms with Gasteiger partial charge in [0, 0.05) is 18.0 Å². The predicted molar refractivity (Wildman–Crippen MR) is 76.2 cm³/mol. The normalized spacial score (nSPS) is 10.9. The van der Waals surface area contributed by atoms with Crippen molar-refractivity contribution in [1.82, 2.24) is 9.55 Å². The van der Waals surface area contributed by atoms with Gasteiger partial charge < -0.3 is 9.72 Å². The average molecular weight is 262 g/mol. The number of imidazole rings is 1. The van der Waals surface area contributed by atoms with Gasteiger partial charge in [0.05, 0.1) is 12.3 Å². The second kappa shape index (κ2) is 5.40. The molecule has 18 heavy (non-hydrogen) atoms. The lowest BCUT2D eigenvalue weighted by Crippen LogP contribution is -2.02. The minimum absolute atomic E-state index is 0.411. The van der Waals surface area contributed by atoms with Gasteiger partial charge in [-0.2, -0.15) is 0 Å². The molecule has 0 bridgehead atoms. The molecule has 0 aliphatic heterocycles. The monoisotopic (exact) mass is 262 g/mol. The number of nitrogens with zero attached hydrogens (tertiary/aromatic N) is 1. The fourth-order valence-corrected chi connectivity index (χ4v) is 2.22. The molecule has 0 atom stereocenters. The summed E-state index contributed by atoms with van der Waals surface area (Å²) >= 11 is 5.35. The maximum Gasteiger partial charge on any atom is 0.182 e. The van der Waals surface area contributed by atoms with Gasteiger partial charge in [-0.25, -0.2) is 0 Å². The van der Waals surface area contributed by atoms with Crippen LogP contribution in [0.15, 0.2) is 30.5 Å². The highest BCUT2D eigenvalue weighted by Gasteiger charge is 2.10. The second-order valence-corrected chi connectivity index (χ2v) is 4.83. The summed E-state index contributed by atoms with van der Waals surface area (Å²) in [6.07, 6.45) is 1.97. The van der Waals surface area contributed by atoms with E-state index in [1.165, 1.54) is 5.69 Å². The van der Waals surface area contributed by atoms with Gasteiger partial charge in [-0.15, -0.1) is 0 Å². The van der Waals surface area contributed by atoms with E-state index in [0.717, 1.165) is 11.4 Å². The maximum atomic E-state index is 5.53. The van der Waals surface area contributed by atoms with E-state index in [1.54, 1.807) is 0 Å². The molecule has 0 aliphatic rings. The van der Waals surface area contributed by atoms with E-state index in [2.05, 4.69) is 23.4 Å². The number of aromatic nitrogens is 2. The van der Waals surface area contributed by atoms with E-state index in [1.807, 2.05) is 37.4 Å². The zero-order valence-corrected chi connectivity index (χ0v) is 11.8. The molecule has 4 heteroatoms. The Morgan fingerprint density at radius 1 is 1.39 bits per heavy atom. The van der Waals surface area contributed by atoms with Gasteiger partial charge in [-0.05, 0) is 37.2 Å². The number of hydrogen-bond acceptors (Lipinski definition) is 2. The minimum Gasteiger partial charge on any atom is -0.494 e. The number of hydrogen-bond donors (Lipinski definition) is 1. The van der Waals surface area contributed by atoms with Gasteiger partial charge in [-0.1, -0.05) is 19.9 Å². The Morgan fingerprint density at radius 2 is 2.17 bits per heavy atom. The third-order valence-corrected chi connectivity index (χ3v) is 3.08. The van der Waals surface area contributed by atoms with Gasteiger partial charge in [0.1, 0.15) is 5.75 Å². The molecular weight excluding hydrogens is 244 g/mol. The number of nitrogens with one attached hydrogen (secondary N) is 1. The molecule has 96 valence electrons. The van der Waals surface area contributed by atoms with Gasteiger partial charge in [0.25, 0.3) is 0 Å². The smallest absolute Gasteiger partial charge is 0.182 e. The van der Waals surface area contributed by atoms with E-state index in [9.17, 15) is 0 Å². The zero-order chi connectivity index (χ0) is 13.1. The minimum atomic E-state index is 0.411. The summed E-state index contributed by atoms with van der Waals surface area (Å²) < 4.78 is 8.30. The Hall–Kier alpha value is -1.55. The van der Waals surface area contributed by atoms with E-state index in [4.69, 9.17) is 17.0 Å². The first-order chi connectivity index (χ1) is 8.63. The highest BCUT2D eigenvalue weighted by molar-refractivity contribution is 7.71. The van der Waals surface area contributed by atoms with Crippen molar-refractivity contribution in [2.45, 2.75) is 26.7 Å². The fourth-order valence-electron chi connectivity index (χ4n) is 1.95. The van der Waals surface area contributed by atoms with Gasteiger partial charge in [0.15, 0.2) is 4.77 Å². The molecule has 0 aliphatic carbocycles. The lowest BCUT2D eigenvalue weighted by atomic mass is 10.1. The fraction of sp³-hybridized carbons (Fsp3) is 0.357. The largest absolute Gasteiger partial charge is 0.494 e. The Bertz CT molecular complexity index is 583. The number of ether oxygens (including phenoxy) is 1. The SMILES string of the molecule is CCOc1cccc(-n2c(C(C)C)c[nH]c2=S)c1. The van der Waals surface area contributed by atoms with Crippen molar-refractivity contribution in [3.8, 4) is 11.4 Å². The van der Waals surface area contributed by atoms with Crippen LogP contribution in [0.4, 0.5) is 0 Å². The van der Waals surface area contributed by atoms with Crippen molar-refractivity contribution in [2.75, 3.05) is 6.61 Å². The van der Waals surface area contributed by atoms with Crippen molar-refractivity contribution in [2.24, 2.45) is 0 Å². The molecule has 0 saturated heterocycles. The van der Waals surface area contributed by atoms with Crippen molar-refractivity contribution >= 4 is 12.2 Å². The maximum absolute atomic E-state index is 5.53. The molecule has 0 unspecified atom stereocenters. The molecular formula is C14H18N2OS. The summed E-state index contributed by atoms with van der Waals surface area (Å²) in [5.74, 6) is 1.28. The summed E-state index contributed by atoms with van der Waals surface area (Å²) in [4.78, 5) is 3.11. The standard InChI is InChI=1S/C14H18N2OS/c1-4-17-12-7-5-6-11(8-12)16-13(10(2)3)9-15-14(16)18/h5-10H,4H2,1-3H3,(H,15,18). The van der Waals surface area contributed by atoms with Crippen LogP contribution in [0.25, 0.3) is 5.69 Å². The first kappa shape index (κ1) is 12.9. The molecule has 0 saturated carbocycles. The highest BCUT2D eigenvalue weighted by Crippen LogP contribution is 2.22. The van der Waals surface area contributed by atoms with Crippen LogP contribution in [0.5, 0.6) is 5.75 Å². The lowest BCUT2D eigenvalue weighted by Gasteiger charge is -2.12. The van der Waals surface area contributed by atoms with Gasteiger partial charge >= 0.3 is 0 Å². The molecule has 1 heterocycles. The molecule has 0 radical (unpaired) electrons. The lowest BCUT2D eigenvalue weighted by molar-refractivity contribution is 0.340. The Morgan fingerprint density at radius 3 is 2.83 bits per heavy atom. The van der Waals surface area contributed by atoms with E-state index in [0.29, 0.717) is 17.3 Å². The van der Waals surface area contributed by atoms with E-state index in [-0.39, 0.29) is 0 Å². The zero-order valence-electron chi connectivity index (χ0n) is 10.9. The molecule has 2 aromatic rings. The molecule has 2 rings (SSSR count). The van der Waals surface area contributed by atoms with E-state index < -0.39 is 0 Å². The third kappa shape index (κ3) is 2.48. The number of rotatable bonds is 4. The van der Waals surface area contributed by atoms with E-state index >= 15 is 0 Å². The third-order valence-electron chi connectivity index (χ3n) is 2.78. The molecule has 0 fully saturated rings. The first-order valence-electron chi connectivity index (χ1n) is 6.17. The summed E-state index contributed by atoms with van der Waals surface area (Å²) in [6.45, 7) is 6.95. The van der Waals surface area contributed by atoms with Crippen LogP contribution in [0.3, 0.4) is 0 Å². The van der Waals surface area contributed by atoms with Gasteiger partial charge in [0.2, 0.25) is 0 Å². The summed E-state index contributed by atoms with van der Waals surface area (Å²) in [5, 5.41) is 0. The Kier molecular flexibility index (Phi) is 3.87. The number of H-pyrrole nitrogens is 1. The summed E-state index contributed by atoms with van der Waals surface area (Å²) in [6, 6.07) is 7.99.